The lowest BCUT2D eigenvalue weighted by Crippen LogP contribution is -2.66. The highest BCUT2D eigenvalue weighted by molar-refractivity contribution is 7.10. The second kappa shape index (κ2) is 9.78. The standard InChI is InChI=1S/C27H33FN2O3S/c28-21-7-5-8-22(17-21)29-25(31)19-30-14-10-20(11-15-30)23(18-30)33-26(32)27(24-9-6-16-34-24)12-3-1-2-4-13-27/h5-9,16-17,20,23H,1-4,10-15,18-19H2/p+1/t20?,23-,30?/m0/s1. The molecule has 1 aliphatic carbocycles. The summed E-state index contributed by atoms with van der Waals surface area (Å²) in [5, 5.41) is 4.90. The number of fused-ring (bicyclic) bond motifs is 3. The number of esters is 1. The van der Waals surface area contributed by atoms with Crippen LogP contribution >= 0.6 is 11.3 Å². The van der Waals surface area contributed by atoms with Crippen molar-refractivity contribution in [1.82, 2.24) is 0 Å². The van der Waals surface area contributed by atoms with Gasteiger partial charge in [-0.1, -0.05) is 37.8 Å². The minimum absolute atomic E-state index is 0.0574. The lowest BCUT2D eigenvalue weighted by atomic mass is 9.78. The molecule has 4 heterocycles. The maximum Gasteiger partial charge on any atom is 0.317 e. The summed E-state index contributed by atoms with van der Waals surface area (Å²) in [6, 6.07) is 10.1. The van der Waals surface area contributed by atoms with E-state index in [4.69, 9.17) is 4.74 Å². The van der Waals surface area contributed by atoms with E-state index in [9.17, 15) is 14.0 Å². The number of hydrogen-bond donors (Lipinski definition) is 1. The molecular formula is C27H34FN2O3S+. The first kappa shape index (κ1) is 23.5. The Bertz CT molecular complexity index is 1010. The molecule has 5 nitrogen and oxygen atoms in total. The predicted molar refractivity (Wildman–Crippen MR) is 131 cm³/mol. The Morgan fingerprint density at radius 3 is 2.53 bits per heavy atom. The van der Waals surface area contributed by atoms with Crippen LogP contribution in [0.2, 0.25) is 0 Å². The molecule has 3 aliphatic heterocycles. The highest BCUT2D eigenvalue weighted by Crippen LogP contribution is 2.43. The van der Waals surface area contributed by atoms with Crippen LogP contribution < -0.4 is 5.32 Å². The summed E-state index contributed by atoms with van der Waals surface area (Å²) in [4.78, 5) is 27.8. The number of amides is 1. The Hall–Kier alpha value is -2.25. The van der Waals surface area contributed by atoms with Crippen LogP contribution in [0, 0.1) is 11.7 Å². The zero-order chi connectivity index (χ0) is 23.6. The molecule has 182 valence electrons. The third kappa shape index (κ3) is 4.78. The Kier molecular flexibility index (Phi) is 6.76. The van der Waals surface area contributed by atoms with Gasteiger partial charge in [0.2, 0.25) is 0 Å². The quantitative estimate of drug-likeness (QED) is 0.345. The molecule has 1 aromatic carbocycles. The molecule has 1 saturated carbocycles. The monoisotopic (exact) mass is 485 g/mol. The van der Waals surface area contributed by atoms with E-state index in [0.717, 1.165) is 56.5 Å². The highest BCUT2D eigenvalue weighted by Gasteiger charge is 2.51. The number of thiophene rings is 1. The Morgan fingerprint density at radius 1 is 1.09 bits per heavy atom. The lowest BCUT2D eigenvalue weighted by molar-refractivity contribution is -0.939. The minimum atomic E-state index is -0.518. The van der Waals surface area contributed by atoms with Gasteiger partial charge in [-0.2, -0.15) is 0 Å². The number of benzene rings is 1. The zero-order valence-corrected chi connectivity index (χ0v) is 20.5. The molecule has 4 aliphatic rings. The Morgan fingerprint density at radius 2 is 1.85 bits per heavy atom. The molecule has 0 unspecified atom stereocenters. The summed E-state index contributed by atoms with van der Waals surface area (Å²) in [5.74, 6) is -0.164. The number of carbonyl (C=O) groups excluding carboxylic acids is 2. The average molecular weight is 486 g/mol. The number of halogens is 1. The molecule has 34 heavy (non-hydrogen) atoms. The smallest absolute Gasteiger partial charge is 0.317 e. The van der Waals surface area contributed by atoms with Gasteiger partial charge >= 0.3 is 5.97 Å². The molecule has 0 radical (unpaired) electrons. The number of anilines is 1. The summed E-state index contributed by atoms with van der Waals surface area (Å²) in [6.07, 6.45) is 7.98. The van der Waals surface area contributed by atoms with Crippen LogP contribution in [0.1, 0.15) is 56.2 Å². The molecule has 1 atom stereocenters. The molecule has 7 heteroatoms. The number of rotatable bonds is 6. The van der Waals surface area contributed by atoms with Crippen LogP contribution in [0.3, 0.4) is 0 Å². The normalized spacial score (nSPS) is 28.1. The zero-order valence-electron chi connectivity index (χ0n) is 19.6. The van der Waals surface area contributed by atoms with Crippen molar-refractivity contribution >= 4 is 28.9 Å². The molecule has 1 amide bonds. The number of piperidine rings is 3. The van der Waals surface area contributed by atoms with E-state index in [1.807, 2.05) is 6.07 Å². The number of hydrogen-bond acceptors (Lipinski definition) is 4. The summed E-state index contributed by atoms with van der Waals surface area (Å²) in [5.41, 5.74) is -0.0414. The van der Waals surface area contributed by atoms with Crippen LogP contribution in [0.4, 0.5) is 10.1 Å². The maximum absolute atomic E-state index is 13.8. The van der Waals surface area contributed by atoms with Gasteiger partial charge in [-0.05, 0) is 42.5 Å². The van der Waals surface area contributed by atoms with Crippen molar-refractivity contribution in [3.8, 4) is 0 Å². The van der Waals surface area contributed by atoms with Crippen molar-refractivity contribution in [3.05, 3.63) is 52.5 Å². The van der Waals surface area contributed by atoms with Crippen LogP contribution in [-0.2, 0) is 19.7 Å². The van der Waals surface area contributed by atoms with Crippen LogP contribution in [-0.4, -0.2) is 48.6 Å². The van der Waals surface area contributed by atoms with Crippen LogP contribution in [0.15, 0.2) is 41.8 Å². The fourth-order valence-electron chi connectivity index (χ4n) is 6.33. The van der Waals surface area contributed by atoms with Gasteiger partial charge in [-0.15, -0.1) is 11.3 Å². The van der Waals surface area contributed by atoms with Crippen LogP contribution in [0.25, 0.3) is 0 Å². The van der Waals surface area contributed by atoms with E-state index in [-0.39, 0.29) is 23.8 Å². The third-order valence-corrected chi connectivity index (χ3v) is 9.30. The molecule has 4 fully saturated rings. The number of ether oxygens (including phenoxy) is 1. The van der Waals surface area contributed by atoms with Crippen LogP contribution in [0.5, 0.6) is 0 Å². The number of nitrogens with zero attached hydrogens (tertiary/aromatic N) is 1. The lowest BCUT2D eigenvalue weighted by Gasteiger charge is -2.52. The molecule has 2 bridgehead atoms. The maximum atomic E-state index is 13.8. The number of nitrogens with one attached hydrogen (secondary N) is 1. The van der Waals surface area contributed by atoms with Gasteiger partial charge in [0, 0.05) is 29.3 Å². The predicted octanol–water partition coefficient (Wildman–Crippen LogP) is 5.27. The topological polar surface area (TPSA) is 55.4 Å². The van der Waals surface area contributed by atoms with Gasteiger partial charge in [0.25, 0.3) is 5.91 Å². The molecule has 1 N–H and O–H groups in total. The van der Waals surface area contributed by atoms with E-state index < -0.39 is 5.41 Å². The van der Waals surface area contributed by atoms with Gasteiger partial charge in [-0.3, -0.25) is 9.59 Å². The van der Waals surface area contributed by atoms with E-state index in [0.29, 0.717) is 29.2 Å². The van der Waals surface area contributed by atoms with Crippen molar-refractivity contribution < 1.29 is 23.2 Å². The largest absolute Gasteiger partial charge is 0.455 e. The first-order chi connectivity index (χ1) is 16.5. The van der Waals surface area contributed by atoms with Gasteiger partial charge in [0.1, 0.15) is 17.8 Å². The van der Waals surface area contributed by atoms with E-state index in [2.05, 4.69) is 16.8 Å². The summed E-state index contributed by atoms with van der Waals surface area (Å²) in [6.45, 7) is 2.86. The van der Waals surface area contributed by atoms with Crippen molar-refractivity contribution in [2.45, 2.75) is 62.9 Å². The number of carbonyl (C=O) groups is 2. The van der Waals surface area contributed by atoms with Crippen molar-refractivity contribution in [2.75, 3.05) is 31.5 Å². The molecule has 6 rings (SSSR count). The minimum Gasteiger partial charge on any atom is -0.455 e. The second-order valence-electron chi connectivity index (χ2n) is 10.4. The van der Waals surface area contributed by atoms with Crippen molar-refractivity contribution in [1.29, 1.82) is 0 Å². The molecule has 3 saturated heterocycles. The van der Waals surface area contributed by atoms with E-state index in [1.165, 1.54) is 25.0 Å². The van der Waals surface area contributed by atoms with Gasteiger partial charge < -0.3 is 14.5 Å². The van der Waals surface area contributed by atoms with E-state index in [1.54, 1.807) is 23.5 Å². The van der Waals surface area contributed by atoms with Gasteiger partial charge in [0.05, 0.1) is 13.1 Å². The number of quaternary nitrogens is 1. The van der Waals surface area contributed by atoms with Gasteiger partial charge in [0.15, 0.2) is 12.6 Å². The van der Waals surface area contributed by atoms with Gasteiger partial charge in [-0.25, -0.2) is 4.39 Å². The first-order valence-corrected chi connectivity index (χ1v) is 13.5. The second-order valence-corrected chi connectivity index (χ2v) is 11.4. The summed E-state index contributed by atoms with van der Waals surface area (Å²) >= 11 is 1.67. The highest BCUT2D eigenvalue weighted by atomic mass is 32.1. The molecule has 2 aromatic rings. The summed E-state index contributed by atoms with van der Waals surface area (Å²) < 4.78 is 20.5. The Labute approximate surface area is 204 Å². The van der Waals surface area contributed by atoms with Crippen molar-refractivity contribution in [2.24, 2.45) is 5.92 Å². The SMILES string of the molecule is O=C(C[N+]12CCC(CC1)[C@@H](OC(=O)C1(c3cccs3)CCCCCC1)C2)Nc1cccc(F)c1. The fourth-order valence-corrected chi connectivity index (χ4v) is 7.31. The molecule has 1 aromatic heterocycles. The summed E-state index contributed by atoms with van der Waals surface area (Å²) in [7, 11) is 0. The Balaban J connectivity index is 1.28. The van der Waals surface area contributed by atoms with Crippen molar-refractivity contribution in [3.63, 3.8) is 0 Å². The average Bonchev–Trinajstić information content (AvgIpc) is 3.24. The molecule has 0 spiro atoms. The molecular weight excluding hydrogens is 451 g/mol. The fraction of sp³-hybridized carbons (Fsp3) is 0.556. The van der Waals surface area contributed by atoms with E-state index >= 15 is 0 Å². The first-order valence-electron chi connectivity index (χ1n) is 12.6. The third-order valence-electron chi connectivity index (χ3n) is 8.23.